The summed E-state index contributed by atoms with van der Waals surface area (Å²) in [5, 5.41) is 15.8. The SMILES string of the molecule is COc1ccc(O)c(/C=N\NC(=O)Cc2cccc3ccccc23)c1. The third kappa shape index (κ3) is 3.95. The highest BCUT2D eigenvalue weighted by atomic mass is 16.5. The van der Waals surface area contributed by atoms with Crippen LogP contribution < -0.4 is 10.2 Å². The molecule has 0 aliphatic rings. The van der Waals surface area contributed by atoms with Crippen LogP contribution in [0.1, 0.15) is 11.1 Å². The monoisotopic (exact) mass is 334 g/mol. The van der Waals surface area contributed by atoms with Gasteiger partial charge in [0.1, 0.15) is 11.5 Å². The molecule has 3 rings (SSSR count). The number of rotatable bonds is 5. The maximum Gasteiger partial charge on any atom is 0.244 e. The minimum atomic E-state index is -0.227. The Morgan fingerprint density at radius 2 is 1.96 bits per heavy atom. The van der Waals surface area contributed by atoms with Crippen molar-refractivity contribution < 1.29 is 14.6 Å². The van der Waals surface area contributed by atoms with E-state index >= 15 is 0 Å². The van der Waals surface area contributed by atoms with Gasteiger partial charge in [0, 0.05) is 5.56 Å². The van der Waals surface area contributed by atoms with Gasteiger partial charge in [-0.2, -0.15) is 5.10 Å². The van der Waals surface area contributed by atoms with E-state index in [-0.39, 0.29) is 18.1 Å². The molecule has 0 bridgehead atoms. The Labute approximate surface area is 145 Å². The number of ether oxygens (including phenoxy) is 1. The first kappa shape index (κ1) is 16.5. The molecule has 0 spiro atoms. The van der Waals surface area contributed by atoms with Crippen LogP contribution in [0.4, 0.5) is 0 Å². The Bertz CT molecular complexity index is 930. The van der Waals surface area contributed by atoms with Crippen LogP contribution in [0, 0.1) is 0 Å². The normalized spacial score (nSPS) is 10.9. The number of benzene rings is 3. The van der Waals surface area contributed by atoms with Gasteiger partial charge in [0.25, 0.3) is 0 Å². The van der Waals surface area contributed by atoms with Gasteiger partial charge in [-0.3, -0.25) is 4.79 Å². The second-order valence-electron chi connectivity index (χ2n) is 5.53. The van der Waals surface area contributed by atoms with Crippen molar-refractivity contribution in [2.45, 2.75) is 6.42 Å². The highest BCUT2D eigenvalue weighted by Gasteiger charge is 2.06. The number of hydrazone groups is 1. The molecular formula is C20H18N2O3. The van der Waals surface area contributed by atoms with E-state index in [0.717, 1.165) is 16.3 Å². The van der Waals surface area contributed by atoms with E-state index < -0.39 is 0 Å². The number of phenolic OH excluding ortho intramolecular Hbond substituents is 1. The van der Waals surface area contributed by atoms with Crippen LogP contribution in [-0.4, -0.2) is 24.3 Å². The summed E-state index contributed by atoms with van der Waals surface area (Å²) in [6, 6.07) is 18.6. The second-order valence-corrected chi connectivity index (χ2v) is 5.53. The summed E-state index contributed by atoms with van der Waals surface area (Å²) >= 11 is 0. The number of nitrogens with one attached hydrogen (secondary N) is 1. The predicted molar refractivity (Wildman–Crippen MR) is 98.0 cm³/mol. The minimum Gasteiger partial charge on any atom is -0.507 e. The molecule has 0 saturated carbocycles. The third-order valence-electron chi connectivity index (χ3n) is 3.86. The topological polar surface area (TPSA) is 70.9 Å². The molecule has 2 N–H and O–H groups in total. The molecular weight excluding hydrogens is 316 g/mol. The molecule has 3 aromatic rings. The van der Waals surface area contributed by atoms with Gasteiger partial charge in [0.2, 0.25) is 5.91 Å². The maximum absolute atomic E-state index is 12.1. The molecule has 0 saturated heterocycles. The summed E-state index contributed by atoms with van der Waals surface area (Å²) in [6.07, 6.45) is 1.61. The molecule has 0 aromatic heterocycles. The Balaban J connectivity index is 1.69. The number of phenols is 1. The lowest BCUT2D eigenvalue weighted by molar-refractivity contribution is -0.120. The molecule has 0 radical (unpaired) electrons. The van der Waals surface area contributed by atoms with Gasteiger partial charge in [0.15, 0.2) is 0 Å². The van der Waals surface area contributed by atoms with Crippen LogP contribution >= 0.6 is 0 Å². The van der Waals surface area contributed by atoms with Crippen molar-refractivity contribution in [1.29, 1.82) is 0 Å². The summed E-state index contributed by atoms with van der Waals surface area (Å²) in [5.74, 6) is 0.434. The lowest BCUT2D eigenvalue weighted by atomic mass is 10.0. The van der Waals surface area contributed by atoms with E-state index in [2.05, 4.69) is 10.5 Å². The first-order valence-corrected chi connectivity index (χ1v) is 7.83. The number of hydrogen-bond donors (Lipinski definition) is 2. The number of aromatic hydroxyl groups is 1. The van der Waals surface area contributed by atoms with Gasteiger partial charge >= 0.3 is 0 Å². The third-order valence-corrected chi connectivity index (χ3v) is 3.86. The molecule has 126 valence electrons. The van der Waals surface area contributed by atoms with Gasteiger partial charge in [-0.15, -0.1) is 0 Å². The average Bonchev–Trinajstić information content (AvgIpc) is 2.63. The molecule has 25 heavy (non-hydrogen) atoms. The lowest BCUT2D eigenvalue weighted by Crippen LogP contribution is -2.19. The summed E-state index contributed by atoms with van der Waals surface area (Å²) in [4.78, 5) is 12.1. The van der Waals surface area contributed by atoms with E-state index in [1.807, 2.05) is 42.5 Å². The fourth-order valence-corrected chi connectivity index (χ4v) is 2.60. The summed E-state index contributed by atoms with van der Waals surface area (Å²) in [6.45, 7) is 0. The Morgan fingerprint density at radius 1 is 1.16 bits per heavy atom. The van der Waals surface area contributed by atoms with Crippen molar-refractivity contribution in [3.05, 3.63) is 71.8 Å². The largest absolute Gasteiger partial charge is 0.507 e. The van der Waals surface area contributed by atoms with E-state index in [0.29, 0.717) is 11.3 Å². The van der Waals surface area contributed by atoms with Crippen molar-refractivity contribution in [2.24, 2.45) is 5.10 Å². The minimum absolute atomic E-state index is 0.0628. The summed E-state index contributed by atoms with van der Waals surface area (Å²) in [7, 11) is 1.54. The number of hydrogen-bond acceptors (Lipinski definition) is 4. The van der Waals surface area contributed by atoms with Gasteiger partial charge in [-0.25, -0.2) is 5.43 Å². The fourth-order valence-electron chi connectivity index (χ4n) is 2.60. The Hall–Kier alpha value is -3.34. The van der Waals surface area contributed by atoms with Crippen LogP contribution in [0.15, 0.2) is 65.8 Å². The Kier molecular flexibility index (Phi) is 4.95. The van der Waals surface area contributed by atoms with Crippen LogP contribution in [0.25, 0.3) is 10.8 Å². The quantitative estimate of drug-likeness (QED) is 0.556. The van der Waals surface area contributed by atoms with Crippen LogP contribution in [0.3, 0.4) is 0 Å². The van der Waals surface area contributed by atoms with Gasteiger partial charge in [-0.05, 0) is 34.5 Å². The standard InChI is InChI=1S/C20H18N2O3/c1-25-17-9-10-19(23)16(11-17)13-21-22-20(24)12-15-7-4-6-14-5-2-3-8-18(14)15/h2-11,13,23H,12H2,1H3,(H,22,24)/b21-13-. The van der Waals surface area contributed by atoms with Crippen LogP contribution in [0.2, 0.25) is 0 Å². The van der Waals surface area contributed by atoms with E-state index in [9.17, 15) is 9.90 Å². The van der Waals surface area contributed by atoms with Crippen molar-refractivity contribution >= 4 is 22.9 Å². The number of carbonyl (C=O) groups excluding carboxylic acids is 1. The highest BCUT2D eigenvalue weighted by Crippen LogP contribution is 2.21. The van der Waals surface area contributed by atoms with Crippen LogP contribution in [-0.2, 0) is 11.2 Å². The number of fused-ring (bicyclic) bond motifs is 1. The molecule has 0 aliphatic carbocycles. The van der Waals surface area contributed by atoms with Crippen molar-refractivity contribution in [1.82, 2.24) is 5.43 Å². The molecule has 3 aromatic carbocycles. The van der Waals surface area contributed by atoms with Gasteiger partial charge < -0.3 is 9.84 Å². The van der Waals surface area contributed by atoms with Crippen LogP contribution in [0.5, 0.6) is 11.5 Å². The molecule has 5 nitrogen and oxygen atoms in total. The van der Waals surface area contributed by atoms with E-state index in [1.165, 1.54) is 12.3 Å². The predicted octanol–water partition coefficient (Wildman–Crippen LogP) is 3.25. The Morgan fingerprint density at radius 3 is 2.80 bits per heavy atom. The molecule has 5 heteroatoms. The molecule has 0 fully saturated rings. The molecule has 0 atom stereocenters. The van der Waals surface area contributed by atoms with Gasteiger partial charge in [-0.1, -0.05) is 42.5 Å². The van der Waals surface area contributed by atoms with Crippen molar-refractivity contribution in [2.75, 3.05) is 7.11 Å². The highest BCUT2D eigenvalue weighted by molar-refractivity contribution is 5.91. The zero-order valence-electron chi connectivity index (χ0n) is 13.8. The van der Waals surface area contributed by atoms with Crippen molar-refractivity contribution in [3.63, 3.8) is 0 Å². The summed E-state index contributed by atoms with van der Waals surface area (Å²) < 4.78 is 5.10. The zero-order valence-corrected chi connectivity index (χ0v) is 13.8. The van der Waals surface area contributed by atoms with Gasteiger partial charge in [0.05, 0.1) is 19.7 Å². The molecule has 0 unspecified atom stereocenters. The number of carbonyl (C=O) groups is 1. The maximum atomic E-state index is 12.1. The first-order valence-electron chi connectivity index (χ1n) is 7.83. The zero-order chi connectivity index (χ0) is 17.6. The fraction of sp³-hybridized carbons (Fsp3) is 0.100. The first-order chi connectivity index (χ1) is 12.2. The molecule has 1 amide bonds. The number of nitrogens with zero attached hydrogens (tertiary/aromatic N) is 1. The van der Waals surface area contributed by atoms with Crippen molar-refractivity contribution in [3.8, 4) is 11.5 Å². The molecule has 0 heterocycles. The summed E-state index contributed by atoms with van der Waals surface area (Å²) in [5.41, 5.74) is 3.89. The molecule has 0 aliphatic heterocycles. The number of amides is 1. The van der Waals surface area contributed by atoms with E-state index in [4.69, 9.17) is 4.74 Å². The number of methoxy groups -OCH3 is 1. The van der Waals surface area contributed by atoms with E-state index in [1.54, 1.807) is 19.2 Å². The second kappa shape index (κ2) is 7.49. The smallest absolute Gasteiger partial charge is 0.244 e. The average molecular weight is 334 g/mol. The lowest BCUT2D eigenvalue weighted by Gasteiger charge is -2.06.